The van der Waals surface area contributed by atoms with Crippen LogP contribution in [0.15, 0.2) is 24.3 Å². The molecule has 0 radical (unpaired) electrons. The van der Waals surface area contributed by atoms with Gasteiger partial charge >= 0.3 is 0 Å². The lowest BCUT2D eigenvalue weighted by Gasteiger charge is -2.09. The molecule has 0 amide bonds. The minimum Gasteiger partial charge on any atom is -0.222 e. The smallest absolute Gasteiger partial charge is 0.222 e. The molecule has 0 unspecified atom stereocenters. The molecule has 0 saturated carbocycles. The van der Waals surface area contributed by atoms with Crippen molar-refractivity contribution in [3.63, 3.8) is 0 Å². The Kier molecular flexibility index (Phi) is 6.34. The Balaban J connectivity index is 0.000000500. The van der Waals surface area contributed by atoms with Crippen molar-refractivity contribution in [1.29, 1.82) is 5.41 Å². The van der Waals surface area contributed by atoms with E-state index in [9.17, 15) is 0 Å². The van der Waals surface area contributed by atoms with E-state index in [0.717, 1.165) is 12.5 Å². The molecule has 1 aromatic carbocycles. The van der Waals surface area contributed by atoms with E-state index in [0.29, 0.717) is 5.92 Å². The average Bonchev–Trinajstić information content (AvgIpc) is 2.19. The maximum absolute atomic E-state index is 8.35. The van der Waals surface area contributed by atoms with Crippen LogP contribution in [0.3, 0.4) is 0 Å². The van der Waals surface area contributed by atoms with E-state index in [4.69, 9.17) is 10.2 Å². The second kappa shape index (κ2) is 7.05. The molecule has 0 fully saturated rings. The van der Waals surface area contributed by atoms with Gasteiger partial charge in [-0.1, -0.05) is 45.0 Å². The zero-order valence-electron chi connectivity index (χ0n) is 9.00. The Bertz CT molecular complexity index is 299. The number of rotatable bonds is 2. The van der Waals surface area contributed by atoms with E-state index in [2.05, 4.69) is 45.0 Å². The Morgan fingerprint density at radius 1 is 1.36 bits per heavy atom. The standard InChI is InChI=1S/C11H16.CHNO/c1-4-10-7-5-6-8-11(10)9(2)3;2-1-3/h5-9H,4H2,1-3H3;2H. The number of hydrogen-bond acceptors (Lipinski definition) is 2. The molecular weight excluding hydrogens is 174 g/mol. The van der Waals surface area contributed by atoms with Crippen molar-refractivity contribution in [3.8, 4) is 0 Å². The number of hydrogen-bond donors (Lipinski definition) is 1. The maximum Gasteiger partial charge on any atom is 0.231 e. The normalized spacial score (nSPS) is 8.86. The fourth-order valence-electron chi connectivity index (χ4n) is 1.42. The number of carbonyl (C=O) groups excluding carboxylic acids is 1. The predicted molar refractivity (Wildman–Crippen MR) is 58.3 cm³/mol. The van der Waals surface area contributed by atoms with Crippen LogP contribution in [0.25, 0.3) is 0 Å². The summed E-state index contributed by atoms with van der Waals surface area (Å²) in [6.45, 7) is 6.70. The second-order valence-corrected chi connectivity index (χ2v) is 3.31. The highest BCUT2D eigenvalue weighted by molar-refractivity contribution is 5.29. The molecule has 1 N–H and O–H groups in total. The maximum atomic E-state index is 8.35. The topological polar surface area (TPSA) is 40.9 Å². The van der Waals surface area contributed by atoms with Gasteiger partial charge in [0.1, 0.15) is 0 Å². The third kappa shape index (κ3) is 4.01. The first-order chi connectivity index (χ1) is 6.67. The summed E-state index contributed by atoms with van der Waals surface area (Å²) in [5, 5.41) is 5.40. The van der Waals surface area contributed by atoms with Crippen LogP contribution >= 0.6 is 0 Å². The summed E-state index contributed by atoms with van der Waals surface area (Å²) in [6, 6.07) is 8.68. The van der Waals surface area contributed by atoms with E-state index in [1.165, 1.54) is 11.1 Å². The second-order valence-electron chi connectivity index (χ2n) is 3.31. The Morgan fingerprint density at radius 2 is 1.86 bits per heavy atom. The molecule has 1 rings (SSSR count). The van der Waals surface area contributed by atoms with Gasteiger partial charge in [0.05, 0.1) is 0 Å². The van der Waals surface area contributed by atoms with Crippen LogP contribution in [0.1, 0.15) is 37.8 Å². The molecule has 14 heavy (non-hydrogen) atoms. The minimum atomic E-state index is 0.658. The van der Waals surface area contributed by atoms with Crippen LogP contribution in [0.2, 0.25) is 0 Å². The SMILES string of the molecule is CCc1ccccc1C(C)C.N=C=O. The quantitative estimate of drug-likeness (QED) is 0.565. The van der Waals surface area contributed by atoms with Crippen molar-refractivity contribution in [2.75, 3.05) is 0 Å². The van der Waals surface area contributed by atoms with Crippen LogP contribution in [0.4, 0.5) is 0 Å². The van der Waals surface area contributed by atoms with Gasteiger partial charge in [-0.25, -0.2) is 10.2 Å². The fourth-order valence-corrected chi connectivity index (χ4v) is 1.42. The van der Waals surface area contributed by atoms with E-state index >= 15 is 0 Å². The average molecular weight is 191 g/mol. The van der Waals surface area contributed by atoms with Gasteiger partial charge in [0.15, 0.2) is 0 Å². The highest BCUT2D eigenvalue weighted by Gasteiger charge is 2.02. The molecule has 0 heterocycles. The van der Waals surface area contributed by atoms with Crippen LogP contribution in [0.5, 0.6) is 0 Å². The molecule has 1 aromatic rings. The van der Waals surface area contributed by atoms with Gasteiger partial charge in [-0.15, -0.1) is 0 Å². The Labute approximate surface area is 85.5 Å². The lowest BCUT2D eigenvalue weighted by atomic mass is 9.96. The van der Waals surface area contributed by atoms with Crippen molar-refractivity contribution in [1.82, 2.24) is 0 Å². The summed E-state index contributed by atoms with van der Waals surface area (Å²) >= 11 is 0. The molecule has 0 aliphatic heterocycles. The van der Waals surface area contributed by atoms with Gasteiger partial charge in [0.25, 0.3) is 0 Å². The molecule has 0 saturated heterocycles. The molecule has 76 valence electrons. The Hall–Kier alpha value is -1.40. The first-order valence-electron chi connectivity index (χ1n) is 4.79. The Morgan fingerprint density at radius 3 is 2.21 bits per heavy atom. The number of isocyanates is 1. The third-order valence-corrected chi connectivity index (χ3v) is 2.06. The summed E-state index contributed by atoms with van der Waals surface area (Å²) in [7, 11) is 0. The summed E-state index contributed by atoms with van der Waals surface area (Å²) in [6.07, 6.45) is 1.90. The number of benzene rings is 1. The van der Waals surface area contributed by atoms with Gasteiger partial charge in [-0.05, 0) is 23.5 Å². The van der Waals surface area contributed by atoms with Crippen LogP contribution < -0.4 is 0 Å². The summed E-state index contributed by atoms with van der Waals surface area (Å²) in [5.41, 5.74) is 2.98. The van der Waals surface area contributed by atoms with E-state index in [1.54, 1.807) is 0 Å². The summed E-state index contributed by atoms with van der Waals surface area (Å²) < 4.78 is 0. The van der Waals surface area contributed by atoms with E-state index < -0.39 is 0 Å². The zero-order valence-corrected chi connectivity index (χ0v) is 9.00. The highest BCUT2D eigenvalue weighted by atomic mass is 16.1. The van der Waals surface area contributed by atoms with Crippen LogP contribution in [-0.4, -0.2) is 6.08 Å². The summed E-state index contributed by atoms with van der Waals surface area (Å²) in [4.78, 5) is 8.35. The first-order valence-corrected chi connectivity index (χ1v) is 4.79. The number of nitrogens with one attached hydrogen (secondary N) is 1. The van der Waals surface area contributed by atoms with Crippen molar-refractivity contribution in [2.45, 2.75) is 33.1 Å². The highest BCUT2D eigenvalue weighted by Crippen LogP contribution is 2.18. The lowest BCUT2D eigenvalue weighted by Crippen LogP contribution is -1.93. The van der Waals surface area contributed by atoms with Gasteiger partial charge in [0.2, 0.25) is 6.08 Å². The largest absolute Gasteiger partial charge is 0.231 e. The zero-order chi connectivity index (χ0) is 11.0. The predicted octanol–water partition coefficient (Wildman–Crippen LogP) is 3.27. The van der Waals surface area contributed by atoms with Gasteiger partial charge in [0, 0.05) is 0 Å². The minimum absolute atomic E-state index is 0.658. The van der Waals surface area contributed by atoms with Crippen molar-refractivity contribution < 1.29 is 4.79 Å². The van der Waals surface area contributed by atoms with Gasteiger partial charge < -0.3 is 0 Å². The van der Waals surface area contributed by atoms with Gasteiger partial charge in [-0.3, -0.25) is 0 Å². The fraction of sp³-hybridized carbons (Fsp3) is 0.417. The first kappa shape index (κ1) is 12.6. The van der Waals surface area contributed by atoms with E-state index in [-0.39, 0.29) is 0 Å². The van der Waals surface area contributed by atoms with Crippen molar-refractivity contribution in [3.05, 3.63) is 35.4 Å². The molecule has 0 aliphatic carbocycles. The van der Waals surface area contributed by atoms with Crippen molar-refractivity contribution >= 4 is 6.08 Å². The van der Waals surface area contributed by atoms with Gasteiger partial charge in [-0.2, -0.15) is 0 Å². The molecule has 0 aromatic heterocycles. The monoisotopic (exact) mass is 191 g/mol. The third-order valence-electron chi connectivity index (χ3n) is 2.06. The molecule has 0 bridgehead atoms. The number of aryl methyl sites for hydroxylation is 1. The van der Waals surface area contributed by atoms with Crippen LogP contribution in [0, 0.1) is 5.41 Å². The molecule has 2 heteroatoms. The lowest BCUT2D eigenvalue weighted by molar-refractivity contribution is 0.563. The molecule has 2 nitrogen and oxygen atoms in total. The molecular formula is C12H17NO. The molecule has 0 atom stereocenters. The van der Waals surface area contributed by atoms with Crippen LogP contribution in [-0.2, 0) is 11.2 Å². The van der Waals surface area contributed by atoms with Crippen molar-refractivity contribution in [2.24, 2.45) is 0 Å². The summed E-state index contributed by atoms with van der Waals surface area (Å²) in [5.74, 6) is 0.658. The molecule has 0 aliphatic rings. The van der Waals surface area contributed by atoms with E-state index in [1.807, 2.05) is 0 Å². The molecule has 0 spiro atoms.